The van der Waals surface area contributed by atoms with Crippen LogP contribution in [0.5, 0.6) is 0 Å². The van der Waals surface area contributed by atoms with E-state index in [4.69, 9.17) is 5.11 Å². The number of aliphatic hydroxyl groups excluding tert-OH is 1. The molecule has 5 heteroatoms. The summed E-state index contributed by atoms with van der Waals surface area (Å²) in [7, 11) is 0. The van der Waals surface area contributed by atoms with Crippen LogP contribution in [0.25, 0.3) is 0 Å². The molecule has 0 aromatic carbocycles. The summed E-state index contributed by atoms with van der Waals surface area (Å²) in [6.45, 7) is 4.46. The first-order valence-electron chi connectivity index (χ1n) is 5.35. The van der Waals surface area contributed by atoms with Gasteiger partial charge in [-0.2, -0.15) is 0 Å². The highest BCUT2D eigenvalue weighted by atomic mass is 32.1. The van der Waals surface area contributed by atoms with E-state index < -0.39 is 0 Å². The van der Waals surface area contributed by atoms with Crippen molar-refractivity contribution in [3.8, 4) is 0 Å². The summed E-state index contributed by atoms with van der Waals surface area (Å²) < 4.78 is 0. The normalized spacial score (nSPS) is 12.2. The minimum absolute atomic E-state index is 0.0258. The number of thiophene rings is 1. The number of carbonyl (C=O) groups excluding carboxylic acids is 1. The molecule has 0 aliphatic heterocycles. The Morgan fingerprint density at radius 3 is 2.88 bits per heavy atom. The van der Waals surface area contributed by atoms with E-state index in [0.717, 1.165) is 11.3 Å². The number of carbonyl (C=O) groups is 1. The van der Waals surface area contributed by atoms with E-state index in [1.165, 1.54) is 5.56 Å². The molecule has 1 atom stereocenters. The van der Waals surface area contributed by atoms with Gasteiger partial charge in [0, 0.05) is 4.88 Å². The van der Waals surface area contributed by atoms with Gasteiger partial charge in [-0.3, -0.25) is 0 Å². The lowest BCUT2D eigenvalue weighted by molar-refractivity contribution is 0.214. The molecule has 1 heterocycles. The molecule has 0 fully saturated rings. The third-order valence-electron chi connectivity index (χ3n) is 2.43. The molecule has 0 aliphatic carbocycles. The van der Waals surface area contributed by atoms with E-state index in [1.807, 2.05) is 25.3 Å². The number of hydrogen-bond acceptors (Lipinski definition) is 3. The SMILES string of the molecule is CCC(CO)NC(=O)NCc1sccc1C. The maximum absolute atomic E-state index is 11.4. The van der Waals surface area contributed by atoms with Crippen molar-refractivity contribution < 1.29 is 9.90 Å². The van der Waals surface area contributed by atoms with E-state index >= 15 is 0 Å². The molecule has 0 bridgehead atoms. The summed E-state index contributed by atoms with van der Waals surface area (Å²) in [6.07, 6.45) is 0.724. The number of aryl methyl sites for hydroxylation is 1. The van der Waals surface area contributed by atoms with Gasteiger partial charge in [0.2, 0.25) is 0 Å². The van der Waals surface area contributed by atoms with Gasteiger partial charge in [0.1, 0.15) is 0 Å². The maximum Gasteiger partial charge on any atom is 0.315 e. The van der Waals surface area contributed by atoms with Crippen LogP contribution in [0.2, 0.25) is 0 Å². The van der Waals surface area contributed by atoms with Crippen LogP contribution in [0.15, 0.2) is 11.4 Å². The molecule has 3 N–H and O–H groups in total. The Morgan fingerprint density at radius 1 is 1.62 bits per heavy atom. The fourth-order valence-corrected chi connectivity index (χ4v) is 2.10. The molecule has 1 aromatic heterocycles. The Bertz CT molecular complexity index is 334. The highest BCUT2D eigenvalue weighted by Crippen LogP contribution is 2.14. The summed E-state index contributed by atoms with van der Waals surface area (Å²) in [4.78, 5) is 12.6. The lowest BCUT2D eigenvalue weighted by Gasteiger charge is -2.14. The van der Waals surface area contributed by atoms with E-state index in [1.54, 1.807) is 11.3 Å². The van der Waals surface area contributed by atoms with Crippen molar-refractivity contribution in [1.82, 2.24) is 10.6 Å². The quantitative estimate of drug-likeness (QED) is 0.735. The smallest absolute Gasteiger partial charge is 0.315 e. The Labute approximate surface area is 99.7 Å². The van der Waals surface area contributed by atoms with Gasteiger partial charge in [-0.05, 0) is 30.4 Å². The second-order valence-corrected chi connectivity index (χ2v) is 4.64. The van der Waals surface area contributed by atoms with E-state index in [-0.39, 0.29) is 18.7 Å². The average molecular weight is 242 g/mol. The monoisotopic (exact) mass is 242 g/mol. The molecule has 0 spiro atoms. The second kappa shape index (κ2) is 6.50. The predicted molar refractivity (Wildman–Crippen MR) is 65.6 cm³/mol. The number of hydrogen-bond donors (Lipinski definition) is 3. The van der Waals surface area contributed by atoms with Crippen molar-refractivity contribution in [2.45, 2.75) is 32.9 Å². The van der Waals surface area contributed by atoms with Crippen molar-refractivity contribution in [3.63, 3.8) is 0 Å². The average Bonchev–Trinajstić information content (AvgIpc) is 2.69. The Kier molecular flexibility index (Phi) is 5.28. The Hall–Kier alpha value is -1.07. The first-order chi connectivity index (χ1) is 7.67. The molecule has 0 radical (unpaired) electrons. The van der Waals surface area contributed by atoms with Crippen LogP contribution in [-0.4, -0.2) is 23.8 Å². The number of aliphatic hydroxyl groups is 1. The summed E-state index contributed by atoms with van der Waals surface area (Å²) in [5, 5.41) is 16.4. The Morgan fingerprint density at radius 2 is 2.38 bits per heavy atom. The summed E-state index contributed by atoms with van der Waals surface area (Å²) in [6, 6.07) is 1.64. The zero-order valence-corrected chi connectivity index (χ0v) is 10.4. The van der Waals surface area contributed by atoms with Crippen LogP contribution in [0.1, 0.15) is 23.8 Å². The van der Waals surface area contributed by atoms with Gasteiger partial charge < -0.3 is 15.7 Å². The molecule has 1 aromatic rings. The van der Waals surface area contributed by atoms with Crippen LogP contribution in [0.4, 0.5) is 4.79 Å². The van der Waals surface area contributed by atoms with Crippen molar-refractivity contribution in [2.24, 2.45) is 0 Å². The topological polar surface area (TPSA) is 61.4 Å². The van der Waals surface area contributed by atoms with E-state index in [0.29, 0.717) is 6.54 Å². The zero-order chi connectivity index (χ0) is 12.0. The van der Waals surface area contributed by atoms with E-state index in [2.05, 4.69) is 10.6 Å². The lowest BCUT2D eigenvalue weighted by atomic mass is 10.2. The zero-order valence-electron chi connectivity index (χ0n) is 9.62. The molecule has 0 saturated heterocycles. The molecule has 1 unspecified atom stereocenters. The summed E-state index contributed by atoms with van der Waals surface area (Å²) in [5.74, 6) is 0. The molecule has 90 valence electrons. The van der Waals surface area contributed by atoms with E-state index in [9.17, 15) is 4.79 Å². The molecular weight excluding hydrogens is 224 g/mol. The van der Waals surface area contributed by atoms with Gasteiger partial charge in [0.05, 0.1) is 19.2 Å². The predicted octanol–water partition coefficient (Wildman–Crippen LogP) is 1.63. The van der Waals surface area contributed by atoms with Gasteiger partial charge in [-0.1, -0.05) is 6.92 Å². The first kappa shape index (κ1) is 13.0. The maximum atomic E-state index is 11.4. The molecule has 0 saturated carbocycles. The summed E-state index contributed by atoms with van der Waals surface area (Å²) >= 11 is 1.63. The van der Waals surface area contributed by atoms with Crippen LogP contribution in [0, 0.1) is 6.92 Å². The summed E-state index contributed by atoms with van der Waals surface area (Å²) in [5.41, 5.74) is 1.19. The number of rotatable bonds is 5. The fraction of sp³-hybridized carbons (Fsp3) is 0.545. The number of urea groups is 1. The van der Waals surface area contributed by atoms with Crippen molar-refractivity contribution in [1.29, 1.82) is 0 Å². The van der Waals surface area contributed by atoms with Gasteiger partial charge in [0.25, 0.3) is 0 Å². The second-order valence-electron chi connectivity index (χ2n) is 3.64. The van der Waals surface area contributed by atoms with Crippen molar-refractivity contribution in [3.05, 3.63) is 21.9 Å². The minimum atomic E-state index is -0.228. The van der Waals surface area contributed by atoms with Crippen LogP contribution in [-0.2, 0) is 6.54 Å². The Balaban J connectivity index is 2.33. The van der Waals surface area contributed by atoms with Gasteiger partial charge >= 0.3 is 6.03 Å². The highest BCUT2D eigenvalue weighted by molar-refractivity contribution is 7.10. The van der Waals surface area contributed by atoms with Crippen LogP contribution in [0.3, 0.4) is 0 Å². The number of nitrogens with one attached hydrogen (secondary N) is 2. The van der Waals surface area contributed by atoms with Crippen LogP contribution >= 0.6 is 11.3 Å². The fourth-order valence-electron chi connectivity index (χ4n) is 1.26. The third kappa shape index (κ3) is 3.83. The van der Waals surface area contributed by atoms with Crippen molar-refractivity contribution >= 4 is 17.4 Å². The van der Waals surface area contributed by atoms with Crippen molar-refractivity contribution in [2.75, 3.05) is 6.61 Å². The molecule has 0 aliphatic rings. The standard InChI is InChI=1S/C11H18N2O2S/c1-3-9(7-14)13-11(15)12-6-10-8(2)4-5-16-10/h4-5,9,14H,3,6-7H2,1-2H3,(H2,12,13,15). The molecule has 4 nitrogen and oxygen atoms in total. The van der Waals surface area contributed by atoms with Crippen LogP contribution < -0.4 is 10.6 Å². The number of amides is 2. The van der Waals surface area contributed by atoms with Gasteiger partial charge in [-0.15, -0.1) is 11.3 Å². The minimum Gasteiger partial charge on any atom is -0.394 e. The van der Waals surface area contributed by atoms with Gasteiger partial charge in [-0.25, -0.2) is 4.79 Å². The molecule has 1 rings (SSSR count). The molecule has 16 heavy (non-hydrogen) atoms. The largest absolute Gasteiger partial charge is 0.394 e. The molecular formula is C11H18N2O2S. The third-order valence-corrected chi connectivity index (χ3v) is 3.45. The lowest BCUT2D eigenvalue weighted by Crippen LogP contribution is -2.43. The van der Waals surface area contributed by atoms with Gasteiger partial charge in [0.15, 0.2) is 0 Å². The molecule has 2 amide bonds. The highest BCUT2D eigenvalue weighted by Gasteiger charge is 2.08. The first-order valence-corrected chi connectivity index (χ1v) is 6.23.